The standard InChI is InChI=1S/C7H14O4/c1-4-6(9)7(2,10)3-5(8)11-4/h4-6,8-10H,3H2,1-2H3/t4?,5?,6-,7-/m1/s1. The maximum absolute atomic E-state index is 9.49. The van der Waals surface area contributed by atoms with Gasteiger partial charge in [-0.15, -0.1) is 0 Å². The van der Waals surface area contributed by atoms with Crippen LogP contribution in [-0.4, -0.2) is 39.4 Å². The van der Waals surface area contributed by atoms with Gasteiger partial charge in [-0.3, -0.25) is 0 Å². The molecule has 1 fully saturated rings. The highest BCUT2D eigenvalue weighted by Crippen LogP contribution is 2.27. The monoisotopic (exact) mass is 162 g/mol. The summed E-state index contributed by atoms with van der Waals surface area (Å²) in [5, 5.41) is 27.9. The van der Waals surface area contributed by atoms with Crippen LogP contribution in [0.2, 0.25) is 0 Å². The van der Waals surface area contributed by atoms with Gasteiger partial charge in [0.05, 0.1) is 11.7 Å². The van der Waals surface area contributed by atoms with E-state index in [9.17, 15) is 10.2 Å². The van der Waals surface area contributed by atoms with Crippen LogP contribution in [0.5, 0.6) is 0 Å². The molecule has 4 nitrogen and oxygen atoms in total. The van der Waals surface area contributed by atoms with Crippen LogP contribution in [0.15, 0.2) is 0 Å². The van der Waals surface area contributed by atoms with E-state index in [0.29, 0.717) is 0 Å². The Labute approximate surface area is 65.4 Å². The third-order valence-electron chi connectivity index (χ3n) is 2.04. The van der Waals surface area contributed by atoms with Gasteiger partial charge in [0.2, 0.25) is 0 Å². The van der Waals surface area contributed by atoms with Crippen molar-refractivity contribution in [3.63, 3.8) is 0 Å². The first kappa shape index (κ1) is 8.93. The fraction of sp³-hybridized carbons (Fsp3) is 1.00. The first-order valence-corrected chi connectivity index (χ1v) is 3.67. The number of ether oxygens (including phenoxy) is 1. The largest absolute Gasteiger partial charge is 0.387 e. The van der Waals surface area contributed by atoms with Gasteiger partial charge in [-0.2, -0.15) is 0 Å². The molecule has 1 heterocycles. The second-order valence-corrected chi connectivity index (χ2v) is 3.30. The van der Waals surface area contributed by atoms with Crippen LogP contribution in [0.1, 0.15) is 20.3 Å². The fourth-order valence-electron chi connectivity index (χ4n) is 1.35. The lowest BCUT2D eigenvalue weighted by Gasteiger charge is -2.40. The highest BCUT2D eigenvalue weighted by atomic mass is 16.6. The van der Waals surface area contributed by atoms with Gasteiger partial charge in [0, 0.05) is 6.42 Å². The van der Waals surface area contributed by atoms with E-state index in [1.165, 1.54) is 6.92 Å². The molecule has 0 aromatic carbocycles. The average molecular weight is 162 g/mol. The van der Waals surface area contributed by atoms with E-state index in [0.717, 1.165) is 0 Å². The second-order valence-electron chi connectivity index (χ2n) is 3.30. The molecular formula is C7H14O4. The molecule has 0 amide bonds. The molecular weight excluding hydrogens is 148 g/mol. The quantitative estimate of drug-likeness (QED) is 0.437. The smallest absolute Gasteiger partial charge is 0.157 e. The van der Waals surface area contributed by atoms with Gasteiger partial charge in [-0.1, -0.05) is 0 Å². The highest BCUT2D eigenvalue weighted by Gasteiger charge is 2.42. The third kappa shape index (κ3) is 1.70. The van der Waals surface area contributed by atoms with Crippen molar-refractivity contribution in [2.75, 3.05) is 0 Å². The van der Waals surface area contributed by atoms with Gasteiger partial charge in [-0.25, -0.2) is 0 Å². The SMILES string of the molecule is CC1OC(O)C[C@@](C)(O)[C@@H]1O. The van der Waals surface area contributed by atoms with E-state index in [-0.39, 0.29) is 6.42 Å². The Morgan fingerprint density at radius 3 is 2.45 bits per heavy atom. The predicted octanol–water partition coefficient (Wildman–Crippen LogP) is -0.775. The molecule has 0 bridgehead atoms. The number of hydrogen-bond donors (Lipinski definition) is 3. The third-order valence-corrected chi connectivity index (χ3v) is 2.04. The van der Waals surface area contributed by atoms with E-state index in [1.54, 1.807) is 6.92 Å². The average Bonchev–Trinajstić information content (AvgIpc) is 1.81. The van der Waals surface area contributed by atoms with Gasteiger partial charge in [0.15, 0.2) is 6.29 Å². The zero-order chi connectivity index (χ0) is 8.65. The van der Waals surface area contributed by atoms with Gasteiger partial charge < -0.3 is 20.1 Å². The maximum Gasteiger partial charge on any atom is 0.157 e. The number of hydrogen-bond acceptors (Lipinski definition) is 4. The van der Waals surface area contributed by atoms with Crippen molar-refractivity contribution in [1.29, 1.82) is 0 Å². The van der Waals surface area contributed by atoms with E-state index >= 15 is 0 Å². The molecule has 3 N–H and O–H groups in total. The number of aliphatic hydroxyl groups excluding tert-OH is 2. The Balaban J connectivity index is 2.67. The summed E-state index contributed by atoms with van der Waals surface area (Å²) in [5.74, 6) is 0. The van der Waals surface area contributed by atoms with Crippen molar-refractivity contribution < 1.29 is 20.1 Å². The van der Waals surface area contributed by atoms with Crippen LogP contribution in [0, 0.1) is 0 Å². The Hall–Kier alpha value is -0.160. The van der Waals surface area contributed by atoms with Crippen molar-refractivity contribution in [1.82, 2.24) is 0 Å². The summed E-state index contributed by atoms with van der Waals surface area (Å²) in [5.41, 5.74) is -1.24. The van der Waals surface area contributed by atoms with E-state index in [1.807, 2.05) is 0 Å². The zero-order valence-electron chi connectivity index (χ0n) is 6.69. The Kier molecular flexibility index (Phi) is 2.20. The lowest BCUT2D eigenvalue weighted by Crippen LogP contribution is -2.54. The molecule has 2 unspecified atom stereocenters. The summed E-state index contributed by atoms with van der Waals surface area (Å²) >= 11 is 0. The molecule has 0 radical (unpaired) electrons. The minimum atomic E-state index is -1.24. The predicted molar refractivity (Wildman–Crippen MR) is 37.8 cm³/mol. The van der Waals surface area contributed by atoms with Crippen molar-refractivity contribution >= 4 is 0 Å². The van der Waals surface area contributed by atoms with E-state index < -0.39 is 24.1 Å². The van der Waals surface area contributed by atoms with Crippen LogP contribution < -0.4 is 0 Å². The second kappa shape index (κ2) is 2.71. The molecule has 0 spiro atoms. The summed E-state index contributed by atoms with van der Waals surface area (Å²) in [4.78, 5) is 0. The van der Waals surface area contributed by atoms with Gasteiger partial charge >= 0.3 is 0 Å². The van der Waals surface area contributed by atoms with Crippen molar-refractivity contribution in [3.05, 3.63) is 0 Å². The molecule has 1 aliphatic rings. The summed E-state index contributed by atoms with van der Waals surface area (Å²) in [6.45, 7) is 3.10. The number of rotatable bonds is 0. The topological polar surface area (TPSA) is 69.9 Å². The Morgan fingerprint density at radius 2 is 2.00 bits per heavy atom. The molecule has 1 rings (SSSR count). The van der Waals surface area contributed by atoms with Crippen molar-refractivity contribution in [3.8, 4) is 0 Å². The molecule has 1 saturated heterocycles. The molecule has 11 heavy (non-hydrogen) atoms. The molecule has 0 aliphatic carbocycles. The van der Waals surface area contributed by atoms with Crippen LogP contribution in [0.25, 0.3) is 0 Å². The molecule has 0 aromatic rings. The molecule has 0 aromatic heterocycles. The lowest BCUT2D eigenvalue weighted by molar-refractivity contribution is -0.256. The van der Waals surface area contributed by atoms with Crippen molar-refractivity contribution in [2.24, 2.45) is 0 Å². The number of aliphatic hydroxyl groups is 3. The molecule has 4 atom stereocenters. The molecule has 66 valence electrons. The maximum atomic E-state index is 9.49. The Morgan fingerprint density at radius 1 is 1.45 bits per heavy atom. The van der Waals surface area contributed by atoms with Crippen LogP contribution in [-0.2, 0) is 4.74 Å². The van der Waals surface area contributed by atoms with Crippen LogP contribution >= 0.6 is 0 Å². The normalized spacial score (nSPS) is 52.6. The minimum Gasteiger partial charge on any atom is -0.387 e. The first-order valence-electron chi connectivity index (χ1n) is 3.67. The van der Waals surface area contributed by atoms with Crippen LogP contribution in [0.4, 0.5) is 0 Å². The van der Waals surface area contributed by atoms with Gasteiger partial charge in [0.25, 0.3) is 0 Å². The van der Waals surface area contributed by atoms with Crippen LogP contribution in [0.3, 0.4) is 0 Å². The van der Waals surface area contributed by atoms with Gasteiger partial charge in [-0.05, 0) is 13.8 Å². The summed E-state index contributed by atoms with van der Waals surface area (Å²) in [6.07, 6.45) is -2.36. The van der Waals surface area contributed by atoms with E-state index in [2.05, 4.69) is 0 Å². The summed E-state index contributed by atoms with van der Waals surface area (Å²) in [6, 6.07) is 0. The Bertz CT molecular complexity index is 145. The molecule has 0 saturated carbocycles. The molecule has 4 heteroatoms. The summed E-state index contributed by atoms with van der Waals surface area (Å²) in [7, 11) is 0. The van der Waals surface area contributed by atoms with Gasteiger partial charge in [0.1, 0.15) is 6.10 Å². The minimum absolute atomic E-state index is 0.0541. The first-order chi connectivity index (χ1) is 4.93. The van der Waals surface area contributed by atoms with Crippen molar-refractivity contribution in [2.45, 2.75) is 44.4 Å². The fourth-order valence-corrected chi connectivity index (χ4v) is 1.35. The van der Waals surface area contributed by atoms with E-state index in [4.69, 9.17) is 9.84 Å². The molecule has 1 aliphatic heterocycles. The highest BCUT2D eigenvalue weighted by molar-refractivity contribution is 4.90. The summed E-state index contributed by atoms with van der Waals surface area (Å²) < 4.78 is 4.88. The zero-order valence-corrected chi connectivity index (χ0v) is 6.69. The lowest BCUT2D eigenvalue weighted by atomic mass is 9.89.